The molecule has 1 amide bonds. The van der Waals surface area contributed by atoms with E-state index >= 15 is 0 Å². The number of amides is 1. The third-order valence-electron chi connectivity index (χ3n) is 4.00. The van der Waals surface area contributed by atoms with Gasteiger partial charge in [0.05, 0.1) is 12.6 Å². The molecule has 0 aromatic carbocycles. The molecule has 0 radical (unpaired) electrons. The first-order chi connectivity index (χ1) is 9.11. The molecule has 2 aliphatic heterocycles. The molecule has 0 saturated carbocycles. The molecule has 2 aliphatic rings. The summed E-state index contributed by atoms with van der Waals surface area (Å²) in [6.07, 6.45) is 3.17. The normalized spacial score (nSPS) is 31.1. The fourth-order valence-electron chi connectivity index (χ4n) is 2.95. The summed E-state index contributed by atoms with van der Waals surface area (Å²) in [5.41, 5.74) is -0.255. The first-order valence-electron chi connectivity index (χ1n) is 6.64. The van der Waals surface area contributed by atoms with Crippen LogP contribution in [0.3, 0.4) is 0 Å². The Kier molecular flexibility index (Phi) is 3.06. The van der Waals surface area contributed by atoms with Crippen molar-refractivity contribution in [2.45, 2.75) is 37.9 Å². The maximum absolute atomic E-state index is 12.3. The van der Waals surface area contributed by atoms with Crippen molar-refractivity contribution in [1.29, 1.82) is 0 Å². The predicted molar refractivity (Wildman–Crippen MR) is 65.7 cm³/mol. The lowest BCUT2D eigenvalue weighted by Crippen LogP contribution is -2.57. The molecule has 1 spiro atoms. The van der Waals surface area contributed by atoms with Crippen LogP contribution in [0.25, 0.3) is 0 Å². The number of hydrogen-bond donors (Lipinski definition) is 1. The number of aromatic nitrogens is 1. The van der Waals surface area contributed by atoms with E-state index in [-0.39, 0.29) is 5.91 Å². The largest absolute Gasteiger partial charge is 0.448 e. The van der Waals surface area contributed by atoms with Gasteiger partial charge in [0.15, 0.2) is 11.6 Å². The average Bonchev–Trinajstić information content (AvgIpc) is 3.02. The van der Waals surface area contributed by atoms with E-state index in [1.165, 1.54) is 6.26 Å². The van der Waals surface area contributed by atoms with Crippen LogP contribution in [0, 0.1) is 6.92 Å². The number of rotatable bonds is 1. The van der Waals surface area contributed by atoms with Gasteiger partial charge in [-0.25, -0.2) is 4.98 Å². The summed E-state index contributed by atoms with van der Waals surface area (Å²) in [5, 5.41) is 10.1. The number of carbonyl (C=O) groups is 1. The Labute approximate surface area is 111 Å². The number of aryl methyl sites for hydroxylation is 1. The lowest BCUT2D eigenvalue weighted by atomic mass is 9.87. The number of ether oxygens (including phenoxy) is 1. The van der Waals surface area contributed by atoms with Crippen LogP contribution in [0.4, 0.5) is 0 Å². The van der Waals surface area contributed by atoms with E-state index in [4.69, 9.17) is 9.15 Å². The highest BCUT2D eigenvalue weighted by atomic mass is 16.5. The van der Waals surface area contributed by atoms with Crippen LogP contribution in [0.1, 0.15) is 35.6 Å². The number of hydrogen-bond acceptors (Lipinski definition) is 5. The van der Waals surface area contributed by atoms with Crippen LogP contribution in [0.15, 0.2) is 10.7 Å². The molecular weight excluding hydrogens is 248 g/mol. The van der Waals surface area contributed by atoms with Crippen molar-refractivity contribution in [2.24, 2.45) is 0 Å². The van der Waals surface area contributed by atoms with Crippen LogP contribution in [-0.2, 0) is 4.74 Å². The number of oxazole rings is 1. The molecule has 1 aromatic heterocycles. The maximum Gasteiger partial charge on any atom is 0.275 e. The van der Waals surface area contributed by atoms with E-state index in [2.05, 4.69) is 4.98 Å². The Balaban J connectivity index is 1.77. The highest BCUT2D eigenvalue weighted by Crippen LogP contribution is 2.35. The van der Waals surface area contributed by atoms with Gasteiger partial charge >= 0.3 is 0 Å². The van der Waals surface area contributed by atoms with E-state index in [1.54, 1.807) is 11.8 Å². The summed E-state index contributed by atoms with van der Waals surface area (Å²) < 4.78 is 10.8. The molecule has 6 nitrogen and oxygen atoms in total. The van der Waals surface area contributed by atoms with E-state index < -0.39 is 11.7 Å². The Morgan fingerprint density at radius 1 is 1.63 bits per heavy atom. The van der Waals surface area contributed by atoms with Gasteiger partial charge in [0.25, 0.3) is 5.91 Å². The predicted octanol–water partition coefficient (Wildman–Crippen LogP) is 0.739. The van der Waals surface area contributed by atoms with Gasteiger partial charge in [-0.1, -0.05) is 0 Å². The molecule has 1 aromatic rings. The molecule has 1 N–H and O–H groups in total. The van der Waals surface area contributed by atoms with Crippen molar-refractivity contribution in [1.82, 2.24) is 9.88 Å². The summed E-state index contributed by atoms with van der Waals surface area (Å²) in [5.74, 6) is 0.325. The summed E-state index contributed by atoms with van der Waals surface area (Å²) in [4.78, 5) is 18.1. The van der Waals surface area contributed by atoms with Crippen molar-refractivity contribution in [2.75, 3.05) is 19.7 Å². The number of carbonyl (C=O) groups excluding carboxylic acids is 1. The molecule has 6 heteroatoms. The zero-order valence-corrected chi connectivity index (χ0v) is 11.0. The quantitative estimate of drug-likeness (QED) is 0.811. The van der Waals surface area contributed by atoms with Crippen molar-refractivity contribution >= 4 is 5.91 Å². The Morgan fingerprint density at radius 2 is 2.47 bits per heavy atom. The fraction of sp³-hybridized carbons (Fsp3) is 0.692. The third-order valence-corrected chi connectivity index (χ3v) is 4.00. The molecular formula is C13H18N2O4. The van der Waals surface area contributed by atoms with Crippen LogP contribution in [-0.4, -0.2) is 52.3 Å². The molecule has 2 atom stereocenters. The highest BCUT2D eigenvalue weighted by Gasteiger charge is 2.47. The summed E-state index contributed by atoms with van der Waals surface area (Å²) in [6.45, 7) is 3.32. The molecule has 0 unspecified atom stereocenters. The molecule has 3 rings (SSSR count). The van der Waals surface area contributed by atoms with E-state index in [0.717, 1.165) is 12.8 Å². The van der Waals surface area contributed by atoms with Gasteiger partial charge in [-0.3, -0.25) is 4.79 Å². The molecule has 0 bridgehead atoms. The van der Waals surface area contributed by atoms with Gasteiger partial charge in [-0.15, -0.1) is 0 Å². The minimum Gasteiger partial charge on any atom is -0.448 e. The Bertz CT molecular complexity index is 479. The Hall–Kier alpha value is -1.40. The van der Waals surface area contributed by atoms with Crippen LogP contribution >= 0.6 is 0 Å². The maximum atomic E-state index is 12.3. The van der Waals surface area contributed by atoms with E-state index in [9.17, 15) is 9.90 Å². The SMILES string of the molecule is Cc1nc(C(=O)N2CC[C@H](O)[C@]3(CCCO3)C2)co1. The van der Waals surface area contributed by atoms with Crippen molar-refractivity contribution in [3.63, 3.8) is 0 Å². The van der Waals surface area contributed by atoms with Crippen molar-refractivity contribution in [3.8, 4) is 0 Å². The molecule has 2 fully saturated rings. The summed E-state index contributed by atoms with van der Waals surface area (Å²) in [7, 11) is 0. The molecule has 3 heterocycles. The zero-order valence-electron chi connectivity index (χ0n) is 11.0. The number of nitrogens with zero attached hydrogens (tertiary/aromatic N) is 2. The second-order valence-corrected chi connectivity index (χ2v) is 5.30. The van der Waals surface area contributed by atoms with E-state index in [1.807, 2.05) is 0 Å². The van der Waals surface area contributed by atoms with Gasteiger partial charge in [0.2, 0.25) is 0 Å². The molecule has 19 heavy (non-hydrogen) atoms. The third kappa shape index (κ3) is 2.15. The van der Waals surface area contributed by atoms with Crippen LogP contribution in [0.5, 0.6) is 0 Å². The number of piperidine rings is 1. The number of likely N-dealkylation sites (tertiary alicyclic amines) is 1. The molecule has 2 saturated heterocycles. The molecule has 0 aliphatic carbocycles. The Morgan fingerprint density at radius 3 is 3.11 bits per heavy atom. The van der Waals surface area contributed by atoms with Crippen molar-refractivity contribution < 1.29 is 19.1 Å². The van der Waals surface area contributed by atoms with Crippen LogP contribution < -0.4 is 0 Å². The monoisotopic (exact) mass is 266 g/mol. The van der Waals surface area contributed by atoms with Gasteiger partial charge in [-0.2, -0.15) is 0 Å². The standard InChI is InChI=1S/C13H18N2O4/c1-9-14-10(7-18-9)12(17)15-5-3-11(16)13(8-15)4-2-6-19-13/h7,11,16H,2-6,8H2,1H3/t11-,13-/m0/s1. The fourth-order valence-corrected chi connectivity index (χ4v) is 2.95. The van der Waals surface area contributed by atoms with Gasteiger partial charge in [-0.05, 0) is 19.3 Å². The lowest BCUT2D eigenvalue weighted by Gasteiger charge is -2.42. The highest BCUT2D eigenvalue weighted by molar-refractivity contribution is 5.92. The molecule has 104 valence electrons. The van der Waals surface area contributed by atoms with Gasteiger partial charge in [0.1, 0.15) is 11.9 Å². The minimum absolute atomic E-state index is 0.154. The first kappa shape index (κ1) is 12.6. The minimum atomic E-state index is -0.577. The zero-order chi connectivity index (χ0) is 13.5. The smallest absolute Gasteiger partial charge is 0.275 e. The van der Waals surface area contributed by atoms with Gasteiger partial charge in [0, 0.05) is 20.1 Å². The van der Waals surface area contributed by atoms with E-state index in [0.29, 0.717) is 37.7 Å². The van der Waals surface area contributed by atoms with Crippen molar-refractivity contribution in [3.05, 3.63) is 17.8 Å². The lowest BCUT2D eigenvalue weighted by molar-refractivity contribution is -0.124. The summed E-state index contributed by atoms with van der Waals surface area (Å²) in [6, 6.07) is 0. The second kappa shape index (κ2) is 4.61. The number of aliphatic hydroxyl groups is 1. The number of aliphatic hydroxyl groups excluding tert-OH is 1. The second-order valence-electron chi connectivity index (χ2n) is 5.30. The van der Waals surface area contributed by atoms with Crippen LogP contribution in [0.2, 0.25) is 0 Å². The average molecular weight is 266 g/mol. The summed E-state index contributed by atoms with van der Waals surface area (Å²) >= 11 is 0. The topological polar surface area (TPSA) is 75.8 Å². The first-order valence-corrected chi connectivity index (χ1v) is 6.64. The van der Waals surface area contributed by atoms with Gasteiger partial charge < -0.3 is 19.2 Å².